The van der Waals surface area contributed by atoms with E-state index < -0.39 is 0 Å². The van der Waals surface area contributed by atoms with Crippen LogP contribution in [-0.2, 0) is 11.3 Å². The van der Waals surface area contributed by atoms with Crippen molar-refractivity contribution in [2.45, 2.75) is 32.7 Å². The van der Waals surface area contributed by atoms with Crippen LogP contribution in [0.25, 0.3) is 0 Å². The fourth-order valence-corrected chi connectivity index (χ4v) is 3.14. The second kappa shape index (κ2) is 7.96. The van der Waals surface area contributed by atoms with Gasteiger partial charge in [-0.15, -0.1) is 0 Å². The molecule has 6 nitrogen and oxygen atoms in total. The lowest BCUT2D eigenvalue weighted by atomic mass is 9.95. The monoisotopic (exact) mass is 340 g/mol. The molecule has 0 aliphatic carbocycles. The molecule has 3 rings (SSSR count). The van der Waals surface area contributed by atoms with Gasteiger partial charge in [0.25, 0.3) is 5.56 Å². The number of nitrogens with zero attached hydrogens (tertiary/aromatic N) is 3. The van der Waals surface area contributed by atoms with E-state index in [1.165, 1.54) is 4.68 Å². The number of para-hydroxylation sites is 1. The summed E-state index contributed by atoms with van der Waals surface area (Å²) in [6, 6.07) is 11.2. The molecule has 0 saturated carbocycles. The highest BCUT2D eigenvalue weighted by atomic mass is 16.2. The predicted molar refractivity (Wildman–Crippen MR) is 98.8 cm³/mol. The minimum Gasteiger partial charge on any atom is -0.370 e. The fourth-order valence-electron chi connectivity index (χ4n) is 3.14. The third-order valence-electron chi connectivity index (χ3n) is 4.56. The number of carbonyl (C=O) groups excluding carboxylic acids is 1. The summed E-state index contributed by atoms with van der Waals surface area (Å²) >= 11 is 0. The Kier molecular flexibility index (Phi) is 5.48. The summed E-state index contributed by atoms with van der Waals surface area (Å²) in [5.41, 5.74) is 1.61. The van der Waals surface area contributed by atoms with Crippen LogP contribution in [0.3, 0.4) is 0 Å². The van der Waals surface area contributed by atoms with E-state index in [-0.39, 0.29) is 17.4 Å². The molecular weight excluding hydrogens is 316 g/mol. The summed E-state index contributed by atoms with van der Waals surface area (Å²) < 4.78 is 1.49. The zero-order chi connectivity index (χ0) is 17.6. The maximum atomic E-state index is 12.4. The smallest absolute Gasteiger partial charge is 0.268 e. The molecule has 0 atom stereocenters. The number of benzene rings is 1. The number of aryl methyl sites for hydroxylation is 1. The first kappa shape index (κ1) is 17.2. The number of hydrogen-bond acceptors (Lipinski definition) is 4. The van der Waals surface area contributed by atoms with Crippen LogP contribution in [0, 0.1) is 5.92 Å². The number of carbonyl (C=O) groups is 1. The van der Waals surface area contributed by atoms with Gasteiger partial charge in [0.1, 0.15) is 0 Å². The second-order valence-electron chi connectivity index (χ2n) is 6.39. The maximum Gasteiger partial charge on any atom is 0.268 e. The average Bonchev–Trinajstić information content (AvgIpc) is 2.64. The summed E-state index contributed by atoms with van der Waals surface area (Å²) in [6.07, 6.45) is 4.18. The molecule has 25 heavy (non-hydrogen) atoms. The lowest BCUT2D eigenvalue weighted by Crippen LogP contribution is -2.39. The Labute approximate surface area is 147 Å². The first-order valence-corrected chi connectivity index (χ1v) is 8.85. The Morgan fingerprint density at radius 1 is 1.24 bits per heavy atom. The van der Waals surface area contributed by atoms with Crippen LogP contribution >= 0.6 is 0 Å². The molecule has 1 aliphatic heterocycles. The summed E-state index contributed by atoms with van der Waals surface area (Å²) in [5, 5.41) is 7.21. The van der Waals surface area contributed by atoms with Crippen molar-refractivity contribution >= 4 is 17.3 Å². The predicted octanol–water partition coefficient (Wildman–Crippen LogP) is 2.51. The van der Waals surface area contributed by atoms with E-state index in [4.69, 9.17) is 0 Å². The normalized spacial score (nSPS) is 15.2. The van der Waals surface area contributed by atoms with Crippen LogP contribution in [0.2, 0.25) is 0 Å². The highest BCUT2D eigenvalue weighted by Gasteiger charge is 2.25. The zero-order valence-corrected chi connectivity index (χ0v) is 14.5. The summed E-state index contributed by atoms with van der Waals surface area (Å²) in [6.45, 7) is 4.17. The van der Waals surface area contributed by atoms with Crippen LogP contribution in [-0.4, -0.2) is 28.8 Å². The van der Waals surface area contributed by atoms with Crippen LogP contribution in [0.4, 0.5) is 11.4 Å². The molecule has 1 N–H and O–H groups in total. The van der Waals surface area contributed by atoms with Crippen LogP contribution in [0.1, 0.15) is 26.2 Å². The first-order chi connectivity index (χ1) is 12.2. The van der Waals surface area contributed by atoms with Crippen molar-refractivity contribution in [3.63, 3.8) is 0 Å². The van der Waals surface area contributed by atoms with Crippen LogP contribution in [0.5, 0.6) is 0 Å². The molecule has 0 radical (unpaired) electrons. The molecule has 1 aliphatic rings. The third-order valence-corrected chi connectivity index (χ3v) is 4.56. The molecule has 0 unspecified atom stereocenters. The quantitative estimate of drug-likeness (QED) is 0.908. The topological polar surface area (TPSA) is 67.2 Å². The lowest BCUT2D eigenvalue weighted by molar-refractivity contribution is -0.120. The largest absolute Gasteiger partial charge is 0.370 e. The van der Waals surface area contributed by atoms with Crippen molar-refractivity contribution < 1.29 is 4.79 Å². The zero-order valence-electron chi connectivity index (χ0n) is 14.5. The van der Waals surface area contributed by atoms with Gasteiger partial charge in [0.15, 0.2) is 0 Å². The Hall–Kier alpha value is -2.63. The third kappa shape index (κ3) is 4.26. The molecule has 1 fully saturated rings. The van der Waals surface area contributed by atoms with Crippen LogP contribution < -0.4 is 15.8 Å². The molecular formula is C19H24N4O2. The van der Waals surface area contributed by atoms with E-state index in [0.29, 0.717) is 6.54 Å². The highest BCUT2D eigenvalue weighted by molar-refractivity contribution is 5.92. The van der Waals surface area contributed by atoms with Gasteiger partial charge in [-0.1, -0.05) is 25.1 Å². The Bertz CT molecular complexity index is 764. The van der Waals surface area contributed by atoms with E-state index in [1.807, 2.05) is 37.3 Å². The van der Waals surface area contributed by atoms with Crippen molar-refractivity contribution in [2.24, 2.45) is 5.92 Å². The highest BCUT2D eigenvalue weighted by Crippen LogP contribution is 2.23. The van der Waals surface area contributed by atoms with Crippen molar-refractivity contribution in [3.05, 3.63) is 52.9 Å². The number of rotatable bonds is 5. The molecule has 6 heteroatoms. The fraction of sp³-hybridized carbons (Fsp3) is 0.421. The van der Waals surface area contributed by atoms with Gasteiger partial charge in [-0.2, -0.15) is 5.10 Å². The van der Waals surface area contributed by atoms with Gasteiger partial charge in [0.2, 0.25) is 5.91 Å². The molecule has 132 valence electrons. The summed E-state index contributed by atoms with van der Waals surface area (Å²) in [4.78, 5) is 26.6. The molecule has 1 saturated heterocycles. The number of hydrogen-bond donors (Lipinski definition) is 1. The van der Waals surface area contributed by atoms with Gasteiger partial charge in [-0.05, 0) is 31.4 Å². The van der Waals surface area contributed by atoms with Gasteiger partial charge in [-0.3, -0.25) is 9.59 Å². The van der Waals surface area contributed by atoms with Crippen LogP contribution in [0.15, 0.2) is 47.4 Å². The Morgan fingerprint density at radius 2 is 1.96 bits per heavy atom. The van der Waals surface area contributed by atoms with Gasteiger partial charge >= 0.3 is 0 Å². The van der Waals surface area contributed by atoms with Gasteiger partial charge in [0.05, 0.1) is 11.9 Å². The second-order valence-corrected chi connectivity index (χ2v) is 6.39. The Morgan fingerprint density at radius 3 is 2.60 bits per heavy atom. The lowest BCUT2D eigenvalue weighted by Gasteiger charge is -2.32. The van der Waals surface area contributed by atoms with E-state index in [0.717, 1.165) is 43.7 Å². The molecule has 2 aromatic rings. The van der Waals surface area contributed by atoms with Gasteiger partial charge < -0.3 is 10.2 Å². The Balaban J connectivity index is 1.57. The van der Waals surface area contributed by atoms with Crippen molar-refractivity contribution in [1.29, 1.82) is 0 Å². The van der Waals surface area contributed by atoms with Crippen molar-refractivity contribution in [2.75, 3.05) is 23.3 Å². The molecule has 1 aromatic heterocycles. The van der Waals surface area contributed by atoms with E-state index >= 15 is 0 Å². The van der Waals surface area contributed by atoms with E-state index in [1.54, 1.807) is 12.3 Å². The molecule has 2 heterocycles. The number of piperidine rings is 1. The number of aromatic nitrogens is 2. The molecule has 1 aromatic carbocycles. The molecule has 0 bridgehead atoms. The standard InChI is InChI=1S/C19H24N4O2/c1-2-10-23-18(24)13-17(14-20-23)22-11-8-15(9-12-22)19(25)21-16-6-4-3-5-7-16/h3-7,13-15H,2,8-12H2,1H3,(H,21,25). The first-order valence-electron chi connectivity index (χ1n) is 8.85. The number of nitrogens with one attached hydrogen (secondary N) is 1. The molecule has 0 spiro atoms. The SMILES string of the molecule is CCCn1ncc(N2CCC(C(=O)Nc3ccccc3)CC2)cc1=O. The van der Waals surface area contributed by atoms with E-state index in [9.17, 15) is 9.59 Å². The minimum absolute atomic E-state index is 0.00452. The maximum absolute atomic E-state index is 12.4. The summed E-state index contributed by atoms with van der Waals surface area (Å²) in [7, 11) is 0. The van der Waals surface area contributed by atoms with Gasteiger partial charge in [0, 0.05) is 37.3 Å². The number of amides is 1. The molecule has 1 amide bonds. The van der Waals surface area contributed by atoms with Gasteiger partial charge in [-0.25, -0.2) is 4.68 Å². The van der Waals surface area contributed by atoms with Crippen molar-refractivity contribution in [3.8, 4) is 0 Å². The summed E-state index contributed by atoms with van der Waals surface area (Å²) in [5.74, 6) is 0.0761. The average molecular weight is 340 g/mol. The van der Waals surface area contributed by atoms with Crippen molar-refractivity contribution in [1.82, 2.24) is 9.78 Å². The minimum atomic E-state index is -0.0664. The number of anilines is 2. The van der Waals surface area contributed by atoms with E-state index in [2.05, 4.69) is 15.3 Å².